The van der Waals surface area contributed by atoms with E-state index < -0.39 is 0 Å². The second-order valence-corrected chi connectivity index (χ2v) is 5.08. The standard InChI is InChI=1S/C13H23N5O/c1-4-6-14-9-12-15-13(16-19-12)11-10-17(2)7-5-8-18(11)3/h4,11,14H,1,5-10H2,2-3H3. The number of nitrogens with zero attached hydrogens (tertiary/aromatic N) is 4. The van der Waals surface area contributed by atoms with E-state index in [-0.39, 0.29) is 6.04 Å². The molecule has 19 heavy (non-hydrogen) atoms. The maximum Gasteiger partial charge on any atom is 0.240 e. The van der Waals surface area contributed by atoms with Gasteiger partial charge in [-0.15, -0.1) is 6.58 Å². The Hall–Kier alpha value is -1.24. The summed E-state index contributed by atoms with van der Waals surface area (Å²) in [6.07, 6.45) is 2.99. The van der Waals surface area contributed by atoms with Crippen LogP contribution in [0.4, 0.5) is 0 Å². The number of hydrogen-bond acceptors (Lipinski definition) is 6. The third-order valence-corrected chi connectivity index (χ3v) is 3.41. The van der Waals surface area contributed by atoms with Crippen LogP contribution in [0, 0.1) is 0 Å². The molecule has 1 aliphatic heterocycles. The van der Waals surface area contributed by atoms with Gasteiger partial charge in [0, 0.05) is 13.1 Å². The largest absolute Gasteiger partial charge is 0.338 e. The average Bonchev–Trinajstić information content (AvgIpc) is 2.78. The van der Waals surface area contributed by atoms with E-state index in [1.54, 1.807) is 0 Å². The van der Waals surface area contributed by atoms with Crippen molar-refractivity contribution in [1.29, 1.82) is 0 Å². The zero-order valence-electron chi connectivity index (χ0n) is 11.8. The molecule has 2 heterocycles. The van der Waals surface area contributed by atoms with Crippen LogP contribution in [0.1, 0.15) is 24.2 Å². The van der Waals surface area contributed by atoms with Crippen molar-refractivity contribution in [2.45, 2.75) is 19.0 Å². The minimum absolute atomic E-state index is 0.212. The van der Waals surface area contributed by atoms with Gasteiger partial charge in [0.15, 0.2) is 5.82 Å². The number of nitrogens with one attached hydrogen (secondary N) is 1. The quantitative estimate of drug-likeness (QED) is 0.623. The highest BCUT2D eigenvalue weighted by Gasteiger charge is 2.26. The van der Waals surface area contributed by atoms with Gasteiger partial charge in [0.25, 0.3) is 0 Å². The molecule has 1 N–H and O–H groups in total. The Labute approximate surface area is 114 Å². The van der Waals surface area contributed by atoms with Crippen LogP contribution in [0.25, 0.3) is 0 Å². The fourth-order valence-electron chi connectivity index (χ4n) is 2.31. The highest BCUT2D eigenvalue weighted by molar-refractivity contribution is 4.97. The van der Waals surface area contributed by atoms with Crippen molar-refractivity contribution in [2.24, 2.45) is 0 Å². The first-order valence-electron chi connectivity index (χ1n) is 6.73. The summed E-state index contributed by atoms with van der Waals surface area (Å²) in [7, 11) is 4.26. The van der Waals surface area contributed by atoms with Crippen LogP contribution < -0.4 is 5.32 Å². The molecule has 0 aliphatic carbocycles. The molecule has 0 bridgehead atoms. The van der Waals surface area contributed by atoms with Crippen LogP contribution in [0.3, 0.4) is 0 Å². The van der Waals surface area contributed by atoms with E-state index in [1.165, 1.54) is 6.42 Å². The molecule has 2 rings (SSSR count). The molecule has 1 fully saturated rings. The number of rotatable bonds is 5. The molecule has 0 amide bonds. The Morgan fingerprint density at radius 1 is 1.47 bits per heavy atom. The van der Waals surface area contributed by atoms with E-state index in [9.17, 15) is 0 Å². The normalized spacial score (nSPS) is 22.3. The van der Waals surface area contributed by atoms with Crippen molar-refractivity contribution in [1.82, 2.24) is 25.3 Å². The molecule has 1 aromatic rings. The minimum Gasteiger partial charge on any atom is -0.338 e. The number of aromatic nitrogens is 2. The van der Waals surface area contributed by atoms with Crippen molar-refractivity contribution >= 4 is 0 Å². The van der Waals surface area contributed by atoms with E-state index in [0.717, 1.165) is 32.0 Å². The van der Waals surface area contributed by atoms with Gasteiger partial charge in [-0.3, -0.25) is 4.90 Å². The smallest absolute Gasteiger partial charge is 0.240 e. The lowest BCUT2D eigenvalue weighted by atomic mass is 10.2. The molecule has 0 aromatic carbocycles. The van der Waals surface area contributed by atoms with Gasteiger partial charge in [-0.1, -0.05) is 11.2 Å². The molecule has 0 radical (unpaired) electrons. The molecule has 6 heteroatoms. The van der Waals surface area contributed by atoms with Gasteiger partial charge < -0.3 is 14.7 Å². The monoisotopic (exact) mass is 265 g/mol. The molecule has 106 valence electrons. The Bertz CT molecular complexity index is 405. The van der Waals surface area contributed by atoms with Crippen LogP contribution in [0.5, 0.6) is 0 Å². The van der Waals surface area contributed by atoms with Gasteiger partial charge in [0.2, 0.25) is 5.89 Å². The molecule has 1 aliphatic rings. The predicted octanol–water partition coefficient (Wildman–Crippen LogP) is 0.654. The van der Waals surface area contributed by atoms with E-state index in [1.807, 2.05) is 6.08 Å². The average molecular weight is 265 g/mol. The van der Waals surface area contributed by atoms with Crippen LogP contribution in [0.2, 0.25) is 0 Å². The summed E-state index contributed by atoms with van der Waals surface area (Å²) in [5, 5.41) is 7.29. The SMILES string of the molecule is C=CCNCc1nc(C2CN(C)CCCN2C)no1. The maximum atomic E-state index is 5.29. The lowest BCUT2D eigenvalue weighted by Crippen LogP contribution is -2.31. The molecular weight excluding hydrogens is 242 g/mol. The first kappa shape index (κ1) is 14.2. The van der Waals surface area contributed by atoms with Crippen LogP contribution in [-0.4, -0.2) is 60.2 Å². The summed E-state index contributed by atoms with van der Waals surface area (Å²) in [5.41, 5.74) is 0. The topological polar surface area (TPSA) is 57.4 Å². The van der Waals surface area contributed by atoms with Crippen LogP contribution >= 0.6 is 0 Å². The molecule has 1 unspecified atom stereocenters. The van der Waals surface area contributed by atoms with Gasteiger partial charge in [-0.25, -0.2) is 0 Å². The summed E-state index contributed by atoms with van der Waals surface area (Å²) in [6.45, 7) is 8.11. The summed E-state index contributed by atoms with van der Waals surface area (Å²) >= 11 is 0. The van der Waals surface area contributed by atoms with Gasteiger partial charge >= 0.3 is 0 Å². The third kappa shape index (κ3) is 3.86. The fraction of sp³-hybridized carbons (Fsp3) is 0.692. The Kier molecular flexibility index (Phi) is 5.07. The minimum atomic E-state index is 0.212. The zero-order chi connectivity index (χ0) is 13.7. The van der Waals surface area contributed by atoms with Gasteiger partial charge in [0.1, 0.15) is 0 Å². The van der Waals surface area contributed by atoms with Crippen molar-refractivity contribution in [3.63, 3.8) is 0 Å². The van der Waals surface area contributed by atoms with Crippen molar-refractivity contribution in [3.05, 3.63) is 24.4 Å². The molecule has 6 nitrogen and oxygen atoms in total. The lowest BCUT2D eigenvalue weighted by Gasteiger charge is -2.24. The van der Waals surface area contributed by atoms with Gasteiger partial charge in [-0.2, -0.15) is 4.98 Å². The predicted molar refractivity (Wildman–Crippen MR) is 73.7 cm³/mol. The maximum absolute atomic E-state index is 5.29. The summed E-state index contributed by atoms with van der Waals surface area (Å²) in [5.74, 6) is 1.42. The van der Waals surface area contributed by atoms with E-state index in [2.05, 4.69) is 45.9 Å². The number of likely N-dealkylation sites (N-methyl/N-ethyl adjacent to an activating group) is 2. The summed E-state index contributed by atoms with van der Waals surface area (Å²) < 4.78 is 5.29. The molecule has 1 atom stereocenters. The fourth-order valence-corrected chi connectivity index (χ4v) is 2.31. The molecule has 1 saturated heterocycles. The highest BCUT2D eigenvalue weighted by atomic mass is 16.5. The van der Waals surface area contributed by atoms with Crippen molar-refractivity contribution in [2.75, 3.05) is 40.3 Å². The van der Waals surface area contributed by atoms with Gasteiger partial charge in [-0.05, 0) is 33.6 Å². The first-order chi connectivity index (χ1) is 9.20. The Morgan fingerprint density at radius 3 is 3.11 bits per heavy atom. The van der Waals surface area contributed by atoms with E-state index in [4.69, 9.17) is 4.52 Å². The Morgan fingerprint density at radius 2 is 2.32 bits per heavy atom. The van der Waals surface area contributed by atoms with E-state index >= 15 is 0 Å². The molecule has 0 spiro atoms. The molecule has 1 aromatic heterocycles. The number of hydrogen-bond donors (Lipinski definition) is 1. The highest BCUT2D eigenvalue weighted by Crippen LogP contribution is 2.20. The third-order valence-electron chi connectivity index (χ3n) is 3.41. The van der Waals surface area contributed by atoms with Crippen molar-refractivity contribution < 1.29 is 4.52 Å². The van der Waals surface area contributed by atoms with Crippen molar-refractivity contribution in [3.8, 4) is 0 Å². The van der Waals surface area contributed by atoms with Crippen LogP contribution in [0.15, 0.2) is 17.2 Å². The summed E-state index contributed by atoms with van der Waals surface area (Å²) in [6, 6.07) is 0.212. The Balaban J connectivity index is 2.01. The zero-order valence-corrected chi connectivity index (χ0v) is 11.8. The summed E-state index contributed by atoms with van der Waals surface area (Å²) in [4.78, 5) is 9.11. The van der Waals surface area contributed by atoms with Crippen LogP contribution in [-0.2, 0) is 6.54 Å². The van der Waals surface area contributed by atoms with Gasteiger partial charge in [0.05, 0.1) is 12.6 Å². The van der Waals surface area contributed by atoms with E-state index in [0.29, 0.717) is 12.4 Å². The first-order valence-corrected chi connectivity index (χ1v) is 6.73. The molecular formula is C13H23N5O. The lowest BCUT2D eigenvalue weighted by molar-refractivity contribution is 0.214. The second kappa shape index (κ2) is 6.79. The second-order valence-electron chi connectivity index (χ2n) is 5.08. The molecule has 0 saturated carbocycles.